The molecular weight excluding hydrogens is 412 g/mol. The van der Waals surface area contributed by atoms with Crippen LogP contribution in [0.5, 0.6) is 5.75 Å². The van der Waals surface area contributed by atoms with Crippen LogP contribution in [-0.2, 0) is 9.53 Å². The minimum Gasteiger partial charge on any atom is -0.495 e. The van der Waals surface area contributed by atoms with Crippen LogP contribution >= 0.6 is 0 Å². The Morgan fingerprint density at radius 1 is 1.03 bits per heavy atom. The number of carbonyl (C=O) groups is 1. The van der Waals surface area contributed by atoms with Gasteiger partial charge in [-0.25, -0.2) is 0 Å². The predicted molar refractivity (Wildman–Crippen MR) is 136 cm³/mol. The zero-order valence-electron chi connectivity index (χ0n) is 21.4. The lowest BCUT2D eigenvalue weighted by molar-refractivity contribution is -0.128. The van der Waals surface area contributed by atoms with E-state index in [1.165, 1.54) is 50.8 Å². The van der Waals surface area contributed by atoms with E-state index < -0.39 is 0 Å². The predicted octanol–water partition coefficient (Wildman–Crippen LogP) is 5.28. The van der Waals surface area contributed by atoms with E-state index in [0.29, 0.717) is 12.5 Å². The number of rotatable bonds is 12. The van der Waals surface area contributed by atoms with Gasteiger partial charge in [0.05, 0.1) is 12.8 Å². The monoisotopic (exact) mass is 458 g/mol. The first-order chi connectivity index (χ1) is 16.0. The highest BCUT2D eigenvalue weighted by Gasteiger charge is 2.27. The quantitative estimate of drug-likeness (QED) is 0.426. The zero-order valence-corrected chi connectivity index (χ0v) is 21.4. The van der Waals surface area contributed by atoms with E-state index in [9.17, 15) is 4.79 Å². The molecule has 3 rings (SSSR count). The lowest BCUT2D eigenvalue weighted by Crippen LogP contribution is -2.47. The normalized spacial score (nSPS) is 23.8. The van der Waals surface area contributed by atoms with Crippen molar-refractivity contribution in [2.45, 2.75) is 59.3 Å². The summed E-state index contributed by atoms with van der Waals surface area (Å²) in [7, 11) is 1.76. The van der Waals surface area contributed by atoms with E-state index in [2.05, 4.69) is 41.8 Å². The van der Waals surface area contributed by atoms with Gasteiger partial charge >= 0.3 is 0 Å². The van der Waals surface area contributed by atoms with E-state index in [0.717, 1.165) is 43.8 Å². The largest absolute Gasteiger partial charge is 0.495 e. The Bertz CT molecular complexity index is 709. The van der Waals surface area contributed by atoms with Gasteiger partial charge in [-0.2, -0.15) is 0 Å². The molecule has 33 heavy (non-hydrogen) atoms. The van der Waals surface area contributed by atoms with E-state index >= 15 is 0 Å². The van der Waals surface area contributed by atoms with Crippen LogP contribution in [0.4, 0.5) is 5.69 Å². The Morgan fingerprint density at radius 2 is 1.70 bits per heavy atom. The topological polar surface area (TPSA) is 42.0 Å². The number of piperazine rings is 1. The Balaban J connectivity index is 1.32. The molecule has 186 valence electrons. The number of nitrogens with zero attached hydrogens (tertiary/aromatic N) is 2. The Kier molecular flexibility index (Phi) is 10.5. The van der Waals surface area contributed by atoms with E-state index in [4.69, 9.17) is 9.47 Å². The van der Waals surface area contributed by atoms with E-state index in [1.807, 2.05) is 13.0 Å². The fourth-order valence-corrected chi connectivity index (χ4v) is 5.61. The summed E-state index contributed by atoms with van der Waals surface area (Å²) in [6.45, 7) is 12.8. The van der Waals surface area contributed by atoms with Crippen LogP contribution in [0.1, 0.15) is 59.3 Å². The molecule has 1 heterocycles. The molecule has 1 saturated carbocycles. The number of benzene rings is 1. The van der Waals surface area contributed by atoms with Crippen LogP contribution in [0.2, 0.25) is 0 Å². The number of hydrogen-bond acceptors (Lipinski definition) is 5. The maximum absolute atomic E-state index is 12.3. The van der Waals surface area contributed by atoms with Crippen LogP contribution in [0, 0.1) is 23.7 Å². The van der Waals surface area contributed by atoms with Crippen LogP contribution in [0.25, 0.3) is 0 Å². The lowest BCUT2D eigenvalue weighted by atomic mass is 9.75. The first-order valence-electron chi connectivity index (χ1n) is 13.2. The molecule has 2 unspecified atom stereocenters. The van der Waals surface area contributed by atoms with Gasteiger partial charge in [0.25, 0.3) is 0 Å². The van der Waals surface area contributed by atoms with Gasteiger partial charge in [-0.1, -0.05) is 51.7 Å². The molecule has 0 radical (unpaired) electrons. The molecule has 0 amide bonds. The Labute approximate surface area is 201 Å². The second-order valence-corrected chi connectivity index (χ2v) is 10.3. The number of para-hydroxylation sites is 2. The fraction of sp³-hybridized carbons (Fsp3) is 0.750. The van der Waals surface area contributed by atoms with Crippen molar-refractivity contribution in [3.8, 4) is 5.75 Å². The average Bonchev–Trinajstić information content (AvgIpc) is 2.86. The molecule has 5 nitrogen and oxygen atoms in total. The number of Topliss-reactive ketones (excluding diaryl/α,β-unsaturated/α-hetero) is 1. The van der Waals surface area contributed by atoms with Crippen molar-refractivity contribution in [3.63, 3.8) is 0 Å². The van der Waals surface area contributed by atoms with Crippen LogP contribution in [0.3, 0.4) is 0 Å². The minimum absolute atomic E-state index is 0.115. The summed E-state index contributed by atoms with van der Waals surface area (Å²) in [4.78, 5) is 17.4. The lowest BCUT2D eigenvalue weighted by Gasteiger charge is -2.38. The molecule has 2 aliphatic rings. The van der Waals surface area contributed by atoms with E-state index in [-0.39, 0.29) is 18.3 Å². The number of anilines is 1. The van der Waals surface area contributed by atoms with Crippen LogP contribution in [0.15, 0.2) is 24.3 Å². The van der Waals surface area contributed by atoms with Crippen molar-refractivity contribution in [2.75, 3.05) is 57.9 Å². The van der Waals surface area contributed by atoms with E-state index in [1.54, 1.807) is 7.11 Å². The third kappa shape index (κ3) is 7.71. The number of ketones is 1. The maximum Gasteiger partial charge on any atom is 0.161 e. The third-order valence-electron chi connectivity index (χ3n) is 8.13. The molecule has 0 aromatic heterocycles. The molecule has 2 fully saturated rings. The van der Waals surface area contributed by atoms with Gasteiger partial charge < -0.3 is 14.4 Å². The van der Waals surface area contributed by atoms with Crippen molar-refractivity contribution in [1.82, 2.24) is 4.90 Å². The highest BCUT2D eigenvalue weighted by atomic mass is 16.5. The molecule has 1 aliphatic heterocycles. The summed E-state index contributed by atoms with van der Waals surface area (Å²) in [5, 5.41) is 0. The van der Waals surface area contributed by atoms with Crippen molar-refractivity contribution >= 4 is 11.5 Å². The smallest absolute Gasteiger partial charge is 0.161 e. The summed E-state index contributed by atoms with van der Waals surface area (Å²) >= 11 is 0. The highest BCUT2D eigenvalue weighted by Crippen LogP contribution is 2.36. The second kappa shape index (κ2) is 13.3. The SMILES string of the molecule is CCOCC(=O)C(C)C(C)CC1CCC(CCN2CCN(c3ccccc3OC)CC2)CC1. The standard InChI is InChI=1S/C28H46N2O3/c1-5-33-21-27(31)23(3)22(2)20-25-12-10-24(11-13-25)14-15-29-16-18-30(19-17-29)26-8-6-7-9-28(26)32-4/h6-9,22-25H,5,10-21H2,1-4H3. The van der Waals surface area contributed by atoms with Gasteiger partial charge in [0.1, 0.15) is 12.4 Å². The molecule has 0 spiro atoms. The van der Waals surface area contributed by atoms with Crippen molar-refractivity contribution in [3.05, 3.63) is 24.3 Å². The maximum atomic E-state index is 12.3. The molecule has 1 aromatic rings. The van der Waals surface area contributed by atoms with Gasteiger partial charge in [-0.15, -0.1) is 0 Å². The van der Waals surface area contributed by atoms with Crippen molar-refractivity contribution in [1.29, 1.82) is 0 Å². The molecular formula is C28H46N2O3. The van der Waals surface area contributed by atoms with Gasteiger partial charge in [0, 0.05) is 38.7 Å². The molecule has 0 N–H and O–H groups in total. The minimum atomic E-state index is 0.115. The first kappa shape index (κ1) is 26.0. The number of carbonyl (C=O) groups excluding carboxylic acids is 1. The summed E-state index contributed by atoms with van der Waals surface area (Å²) < 4.78 is 10.9. The number of ether oxygens (including phenoxy) is 2. The molecule has 1 aromatic carbocycles. The van der Waals surface area contributed by atoms with Gasteiger partial charge in [0.2, 0.25) is 0 Å². The summed E-state index contributed by atoms with van der Waals surface area (Å²) in [6, 6.07) is 8.36. The van der Waals surface area contributed by atoms with Gasteiger partial charge in [0.15, 0.2) is 5.78 Å². The molecule has 2 atom stereocenters. The van der Waals surface area contributed by atoms with Crippen molar-refractivity contribution < 1.29 is 14.3 Å². The van der Waals surface area contributed by atoms with Gasteiger partial charge in [-0.05, 0) is 56.2 Å². The molecule has 1 saturated heterocycles. The van der Waals surface area contributed by atoms with Crippen LogP contribution in [-0.4, -0.2) is 63.7 Å². The number of methoxy groups -OCH3 is 1. The number of hydrogen-bond donors (Lipinski definition) is 0. The first-order valence-corrected chi connectivity index (χ1v) is 13.2. The van der Waals surface area contributed by atoms with Crippen molar-refractivity contribution in [2.24, 2.45) is 23.7 Å². The fourth-order valence-electron chi connectivity index (χ4n) is 5.61. The molecule has 0 bridgehead atoms. The molecule has 5 heteroatoms. The second-order valence-electron chi connectivity index (χ2n) is 10.3. The van der Waals surface area contributed by atoms with Gasteiger partial charge in [-0.3, -0.25) is 9.69 Å². The summed E-state index contributed by atoms with van der Waals surface area (Å²) in [6.07, 6.45) is 7.92. The summed E-state index contributed by atoms with van der Waals surface area (Å²) in [5.41, 5.74) is 1.22. The summed E-state index contributed by atoms with van der Waals surface area (Å²) in [5.74, 6) is 3.49. The molecule has 1 aliphatic carbocycles. The third-order valence-corrected chi connectivity index (χ3v) is 8.13. The Morgan fingerprint density at radius 3 is 2.36 bits per heavy atom. The Hall–Kier alpha value is -1.59. The van der Waals surface area contributed by atoms with Crippen LogP contribution < -0.4 is 9.64 Å². The average molecular weight is 459 g/mol. The highest BCUT2D eigenvalue weighted by molar-refractivity contribution is 5.82. The zero-order chi connectivity index (χ0) is 23.6.